The fourth-order valence-corrected chi connectivity index (χ4v) is 3.60. The third-order valence-corrected chi connectivity index (χ3v) is 4.99. The van der Waals surface area contributed by atoms with Crippen LogP contribution in [0.25, 0.3) is 10.6 Å². The summed E-state index contributed by atoms with van der Waals surface area (Å²) >= 11 is 1.38. The van der Waals surface area contributed by atoms with Crippen molar-refractivity contribution in [1.82, 2.24) is 19.9 Å². The Balaban J connectivity index is 1.74. The lowest BCUT2D eigenvalue weighted by Gasteiger charge is -2.30. The quantitative estimate of drug-likeness (QED) is 0.922. The smallest absolute Gasteiger partial charge is 0.223 e. The first-order chi connectivity index (χ1) is 11.5. The van der Waals surface area contributed by atoms with E-state index in [2.05, 4.69) is 15.3 Å². The van der Waals surface area contributed by atoms with E-state index in [1.54, 1.807) is 25.5 Å². The summed E-state index contributed by atoms with van der Waals surface area (Å²) < 4.78 is 0. The molecular formula is C16H19N5O2S. The number of piperidine rings is 1. The number of rotatable bonds is 3. The van der Waals surface area contributed by atoms with Crippen LogP contribution in [0.5, 0.6) is 0 Å². The highest BCUT2D eigenvalue weighted by molar-refractivity contribution is 7.19. The van der Waals surface area contributed by atoms with E-state index in [4.69, 9.17) is 4.98 Å². The summed E-state index contributed by atoms with van der Waals surface area (Å²) in [6.07, 6.45) is 7.00. The lowest BCUT2D eigenvalue weighted by Crippen LogP contribution is -2.36. The van der Waals surface area contributed by atoms with Crippen molar-refractivity contribution in [2.24, 2.45) is 0 Å². The molecule has 1 N–H and O–H groups in total. The Bertz CT molecular complexity index is 752. The van der Waals surface area contributed by atoms with Crippen molar-refractivity contribution in [3.8, 4) is 10.6 Å². The molecular weight excluding hydrogens is 326 g/mol. The van der Waals surface area contributed by atoms with Gasteiger partial charge in [-0.05, 0) is 12.8 Å². The van der Waals surface area contributed by atoms with Gasteiger partial charge in [0.1, 0.15) is 5.69 Å². The molecule has 0 saturated carbocycles. The first-order valence-corrected chi connectivity index (χ1v) is 8.66. The molecule has 3 rings (SSSR count). The Hall–Kier alpha value is -2.35. The first kappa shape index (κ1) is 16.5. The average molecular weight is 345 g/mol. The van der Waals surface area contributed by atoms with Crippen molar-refractivity contribution in [2.45, 2.75) is 32.6 Å². The molecule has 2 aromatic rings. The van der Waals surface area contributed by atoms with E-state index in [9.17, 15) is 9.59 Å². The number of carbonyl (C=O) groups excluding carboxylic acids is 2. The highest BCUT2D eigenvalue weighted by atomic mass is 32.1. The lowest BCUT2D eigenvalue weighted by molar-refractivity contribution is -0.129. The molecule has 2 amide bonds. The van der Waals surface area contributed by atoms with Gasteiger partial charge in [-0.3, -0.25) is 14.6 Å². The zero-order valence-corrected chi connectivity index (χ0v) is 14.5. The second kappa shape index (κ2) is 7.04. The van der Waals surface area contributed by atoms with Gasteiger partial charge in [0.05, 0.1) is 16.8 Å². The molecule has 8 heteroatoms. The van der Waals surface area contributed by atoms with Crippen molar-refractivity contribution in [2.75, 3.05) is 18.4 Å². The number of likely N-dealkylation sites (tertiary alicyclic amines) is 1. The molecule has 1 aliphatic rings. The molecule has 1 fully saturated rings. The summed E-state index contributed by atoms with van der Waals surface area (Å²) in [4.78, 5) is 38.5. The van der Waals surface area contributed by atoms with Crippen LogP contribution in [0.4, 0.5) is 5.13 Å². The number of anilines is 1. The Kier molecular flexibility index (Phi) is 4.84. The first-order valence-electron chi connectivity index (χ1n) is 7.84. The lowest BCUT2D eigenvalue weighted by atomic mass is 9.93. The molecule has 0 bridgehead atoms. The third kappa shape index (κ3) is 3.76. The van der Waals surface area contributed by atoms with Gasteiger partial charge in [0.25, 0.3) is 0 Å². The predicted molar refractivity (Wildman–Crippen MR) is 91.7 cm³/mol. The predicted octanol–water partition coefficient (Wildman–Crippen LogP) is 2.28. The van der Waals surface area contributed by atoms with Crippen LogP contribution in [0.15, 0.2) is 18.6 Å². The Morgan fingerprint density at radius 2 is 1.96 bits per heavy atom. The summed E-state index contributed by atoms with van der Waals surface area (Å²) in [5.74, 6) is 0.298. The third-order valence-electron chi connectivity index (χ3n) is 4.05. The second-order valence-electron chi connectivity index (χ2n) is 5.82. The van der Waals surface area contributed by atoms with E-state index in [1.165, 1.54) is 18.3 Å². The molecule has 0 aromatic carbocycles. The van der Waals surface area contributed by atoms with Crippen molar-refractivity contribution >= 4 is 28.3 Å². The molecule has 0 aliphatic carbocycles. The Morgan fingerprint density at radius 3 is 2.62 bits per heavy atom. The fraction of sp³-hybridized carbons (Fsp3) is 0.438. The maximum Gasteiger partial charge on any atom is 0.223 e. The summed E-state index contributed by atoms with van der Waals surface area (Å²) in [5, 5.41) is 3.23. The van der Waals surface area contributed by atoms with Gasteiger partial charge < -0.3 is 10.2 Å². The number of amides is 2. The fourth-order valence-electron chi connectivity index (χ4n) is 2.79. The van der Waals surface area contributed by atoms with E-state index < -0.39 is 0 Å². The largest absolute Gasteiger partial charge is 0.343 e. The van der Waals surface area contributed by atoms with Crippen molar-refractivity contribution in [1.29, 1.82) is 0 Å². The summed E-state index contributed by atoms with van der Waals surface area (Å²) in [5.41, 5.74) is 1.71. The van der Waals surface area contributed by atoms with Crippen molar-refractivity contribution in [3.05, 3.63) is 24.3 Å². The molecule has 0 atom stereocenters. The van der Waals surface area contributed by atoms with Crippen LogP contribution in [-0.4, -0.2) is 44.8 Å². The van der Waals surface area contributed by atoms with E-state index in [-0.39, 0.29) is 11.8 Å². The number of hydrogen-bond acceptors (Lipinski definition) is 6. The highest BCUT2D eigenvalue weighted by Gasteiger charge is 2.23. The number of nitrogens with zero attached hydrogens (tertiary/aromatic N) is 4. The second-order valence-corrected chi connectivity index (χ2v) is 6.85. The molecule has 7 nitrogen and oxygen atoms in total. The van der Waals surface area contributed by atoms with E-state index in [1.807, 2.05) is 4.90 Å². The minimum atomic E-state index is -0.145. The molecule has 0 radical (unpaired) electrons. The molecule has 1 aliphatic heterocycles. The summed E-state index contributed by atoms with van der Waals surface area (Å²) in [6, 6.07) is 0. The zero-order chi connectivity index (χ0) is 17.1. The average Bonchev–Trinajstić information content (AvgIpc) is 3.03. The normalized spacial score (nSPS) is 15.3. The van der Waals surface area contributed by atoms with Crippen LogP contribution < -0.4 is 5.32 Å². The van der Waals surface area contributed by atoms with Gasteiger partial charge in [-0.1, -0.05) is 11.3 Å². The Labute approximate surface area is 144 Å². The summed E-state index contributed by atoms with van der Waals surface area (Å²) in [6.45, 7) is 4.59. The van der Waals surface area contributed by atoms with Gasteiger partial charge in [-0.15, -0.1) is 0 Å². The summed E-state index contributed by atoms with van der Waals surface area (Å²) in [7, 11) is 0. The molecule has 0 unspecified atom stereocenters. The van der Waals surface area contributed by atoms with Gasteiger partial charge in [0.2, 0.25) is 11.8 Å². The van der Waals surface area contributed by atoms with Gasteiger partial charge in [-0.25, -0.2) is 9.97 Å². The topological polar surface area (TPSA) is 88.1 Å². The van der Waals surface area contributed by atoms with E-state index >= 15 is 0 Å². The number of carbonyl (C=O) groups is 2. The molecule has 0 spiro atoms. The van der Waals surface area contributed by atoms with Crippen LogP contribution in [0.1, 0.15) is 38.3 Å². The van der Waals surface area contributed by atoms with Crippen LogP contribution in [0.2, 0.25) is 0 Å². The minimum absolute atomic E-state index is 0.128. The number of aromatic nitrogens is 3. The Morgan fingerprint density at radius 1 is 1.21 bits per heavy atom. The van der Waals surface area contributed by atoms with Crippen molar-refractivity contribution in [3.63, 3.8) is 0 Å². The van der Waals surface area contributed by atoms with E-state index in [0.29, 0.717) is 11.0 Å². The van der Waals surface area contributed by atoms with E-state index in [0.717, 1.165) is 42.2 Å². The molecule has 1 saturated heterocycles. The van der Waals surface area contributed by atoms with Crippen LogP contribution in [-0.2, 0) is 9.59 Å². The van der Waals surface area contributed by atoms with Gasteiger partial charge >= 0.3 is 0 Å². The van der Waals surface area contributed by atoms with Crippen LogP contribution in [0.3, 0.4) is 0 Å². The number of nitrogens with one attached hydrogen (secondary N) is 1. The molecule has 2 aromatic heterocycles. The number of hydrogen-bond donors (Lipinski definition) is 1. The monoisotopic (exact) mass is 345 g/mol. The molecule has 24 heavy (non-hydrogen) atoms. The minimum Gasteiger partial charge on any atom is -0.343 e. The van der Waals surface area contributed by atoms with Crippen LogP contribution in [0, 0.1) is 0 Å². The molecule has 3 heterocycles. The maximum atomic E-state index is 11.4. The zero-order valence-electron chi connectivity index (χ0n) is 13.7. The SMILES string of the molecule is CC(=O)Nc1ncc(-c2cncc(C3CCN(C(C)=O)CC3)n2)s1. The van der Waals surface area contributed by atoms with Gasteiger partial charge in [0.15, 0.2) is 5.13 Å². The highest BCUT2D eigenvalue weighted by Crippen LogP contribution is 2.30. The van der Waals surface area contributed by atoms with Gasteiger partial charge in [0, 0.05) is 45.2 Å². The van der Waals surface area contributed by atoms with Crippen molar-refractivity contribution < 1.29 is 9.59 Å². The van der Waals surface area contributed by atoms with Crippen LogP contribution >= 0.6 is 11.3 Å². The van der Waals surface area contributed by atoms with Gasteiger partial charge in [-0.2, -0.15) is 0 Å². The molecule has 126 valence electrons. The number of thiazole rings is 1. The standard InChI is InChI=1S/C16H19N5O2S/c1-10(22)19-16-18-9-15(24-16)14-8-17-7-13(20-14)12-3-5-21(6-4-12)11(2)23/h7-9,12H,3-6H2,1-2H3,(H,18,19,22). The maximum absolute atomic E-state index is 11.4.